The average Bonchev–Trinajstić information content (AvgIpc) is 2.69. The van der Waals surface area contributed by atoms with E-state index in [1.54, 1.807) is 25.7 Å². The molecule has 0 aliphatic rings. The molecule has 1 aromatic rings. The highest BCUT2D eigenvalue weighted by atomic mass is 32.1. The molecule has 0 fully saturated rings. The van der Waals surface area contributed by atoms with Crippen LogP contribution in [0.3, 0.4) is 0 Å². The molecule has 2 atom stereocenters. The lowest BCUT2D eigenvalue weighted by molar-refractivity contribution is -0.148. The minimum atomic E-state index is -0.964. The van der Waals surface area contributed by atoms with Crippen LogP contribution in [-0.2, 0) is 14.3 Å². The van der Waals surface area contributed by atoms with Gasteiger partial charge in [-0.25, -0.2) is 4.79 Å². The summed E-state index contributed by atoms with van der Waals surface area (Å²) in [6.07, 6.45) is 1.08. The topological polar surface area (TPSA) is 87.7 Å². The third-order valence-electron chi connectivity index (χ3n) is 5.20. The molecule has 2 N–H and O–H groups in total. The molecule has 0 aliphatic carbocycles. The first-order chi connectivity index (χ1) is 15.6. The Labute approximate surface area is 210 Å². The van der Waals surface area contributed by atoms with E-state index in [0.717, 1.165) is 29.5 Å². The molecule has 0 saturated heterocycles. The third-order valence-corrected chi connectivity index (χ3v) is 5.56. The first-order valence-corrected chi connectivity index (χ1v) is 12.5. The maximum absolute atomic E-state index is 13.9. The minimum Gasteiger partial charge on any atom is -0.444 e. The van der Waals surface area contributed by atoms with Crippen LogP contribution in [0.4, 0.5) is 4.79 Å². The van der Waals surface area contributed by atoms with Crippen LogP contribution < -0.4 is 10.6 Å². The van der Waals surface area contributed by atoms with Crippen molar-refractivity contribution in [2.24, 2.45) is 0 Å². The fourth-order valence-electron chi connectivity index (χ4n) is 3.59. The van der Waals surface area contributed by atoms with Crippen molar-refractivity contribution < 1.29 is 19.1 Å². The van der Waals surface area contributed by atoms with Gasteiger partial charge < -0.3 is 20.3 Å². The van der Waals surface area contributed by atoms with Crippen molar-refractivity contribution in [1.29, 1.82) is 0 Å². The lowest BCUT2D eigenvalue weighted by atomic mass is 9.92. The first kappa shape index (κ1) is 29.8. The van der Waals surface area contributed by atoms with Crippen molar-refractivity contribution in [3.8, 4) is 0 Å². The van der Waals surface area contributed by atoms with Crippen LogP contribution in [0.2, 0.25) is 0 Å². The maximum atomic E-state index is 13.9. The van der Waals surface area contributed by atoms with Gasteiger partial charge in [-0.15, -0.1) is 0 Å². The number of aryl methyl sites for hydroxylation is 2. The average molecular weight is 494 g/mol. The molecule has 0 bridgehead atoms. The van der Waals surface area contributed by atoms with Crippen LogP contribution in [0.1, 0.15) is 84.0 Å². The molecule has 8 heteroatoms. The zero-order chi connectivity index (χ0) is 26.3. The van der Waals surface area contributed by atoms with Gasteiger partial charge in [-0.3, -0.25) is 9.59 Å². The van der Waals surface area contributed by atoms with E-state index < -0.39 is 35.2 Å². The summed E-state index contributed by atoms with van der Waals surface area (Å²) in [5, 5.41) is 5.64. The molecule has 0 aromatic heterocycles. The largest absolute Gasteiger partial charge is 0.444 e. The highest BCUT2D eigenvalue weighted by molar-refractivity contribution is 7.80. The minimum absolute atomic E-state index is 0.0572. The Balaban J connectivity index is 3.50. The molecule has 2 unspecified atom stereocenters. The van der Waals surface area contributed by atoms with Gasteiger partial charge in [0.25, 0.3) is 0 Å². The number of hydrogen-bond acceptors (Lipinski definition) is 5. The molecule has 7 nitrogen and oxygen atoms in total. The Kier molecular flexibility index (Phi) is 10.9. The van der Waals surface area contributed by atoms with Crippen LogP contribution in [0.25, 0.3) is 0 Å². The van der Waals surface area contributed by atoms with Crippen LogP contribution in [0.5, 0.6) is 0 Å². The quantitative estimate of drug-likeness (QED) is 0.343. The predicted octanol–water partition coefficient (Wildman–Crippen LogP) is 4.71. The normalized spacial score (nSPS) is 13.6. The van der Waals surface area contributed by atoms with Gasteiger partial charge in [0.2, 0.25) is 11.8 Å². The molecule has 0 saturated carbocycles. The van der Waals surface area contributed by atoms with Crippen molar-refractivity contribution >= 4 is 30.5 Å². The molecule has 34 heavy (non-hydrogen) atoms. The number of alkyl carbamates (subject to hydrolysis) is 1. The number of nitrogens with zero attached hydrogens (tertiary/aromatic N) is 1. The molecule has 1 aromatic carbocycles. The fourth-order valence-corrected chi connectivity index (χ4v) is 3.83. The van der Waals surface area contributed by atoms with E-state index in [0.29, 0.717) is 6.54 Å². The Bertz CT molecular complexity index is 859. The number of carbonyl (C=O) groups is 3. The van der Waals surface area contributed by atoms with Gasteiger partial charge >= 0.3 is 6.09 Å². The number of amides is 3. The second-order valence-corrected chi connectivity index (χ2v) is 11.0. The molecule has 192 valence electrons. The van der Waals surface area contributed by atoms with Crippen LogP contribution in [-0.4, -0.2) is 52.3 Å². The summed E-state index contributed by atoms with van der Waals surface area (Å²) in [5.74, 6) is -0.590. The van der Waals surface area contributed by atoms with Crippen LogP contribution >= 0.6 is 12.6 Å². The summed E-state index contributed by atoms with van der Waals surface area (Å²) in [5.41, 5.74) is 1.22. The highest BCUT2D eigenvalue weighted by Crippen LogP contribution is 2.32. The number of ether oxygens (including phenoxy) is 1. The van der Waals surface area contributed by atoms with Gasteiger partial charge in [-0.1, -0.05) is 37.1 Å². The number of unbranched alkanes of at least 4 members (excludes halogenated alkanes) is 1. The Morgan fingerprint density at radius 1 is 1.09 bits per heavy atom. The summed E-state index contributed by atoms with van der Waals surface area (Å²) in [6, 6.07) is 4.05. The van der Waals surface area contributed by atoms with E-state index in [4.69, 9.17) is 4.74 Å². The summed E-state index contributed by atoms with van der Waals surface area (Å²) in [6.45, 7) is 17.4. The number of nitrogens with one attached hydrogen (secondary N) is 2. The van der Waals surface area contributed by atoms with Gasteiger partial charge in [0, 0.05) is 17.8 Å². The molecular weight excluding hydrogens is 450 g/mol. The smallest absolute Gasteiger partial charge is 0.408 e. The van der Waals surface area contributed by atoms with Gasteiger partial charge in [-0.05, 0) is 72.9 Å². The van der Waals surface area contributed by atoms with Crippen molar-refractivity contribution in [3.05, 3.63) is 34.9 Å². The SMILES string of the molecule is CCCCNC(=O)C(c1cc(C)ccc1C)N(C(=O)C(CS)NC(=O)OC(C)(C)C)C(C)(C)C. The van der Waals surface area contributed by atoms with Crippen molar-refractivity contribution in [2.45, 2.75) is 98.4 Å². The lowest BCUT2D eigenvalue weighted by Gasteiger charge is -2.43. The summed E-state index contributed by atoms with van der Waals surface area (Å²) >= 11 is 4.33. The third kappa shape index (κ3) is 8.85. The Hall–Kier alpha value is -2.22. The number of hydrogen-bond donors (Lipinski definition) is 3. The van der Waals surface area contributed by atoms with Crippen LogP contribution in [0.15, 0.2) is 18.2 Å². The van der Waals surface area contributed by atoms with Crippen molar-refractivity contribution in [3.63, 3.8) is 0 Å². The molecular formula is C26H43N3O4S. The van der Waals surface area contributed by atoms with Crippen molar-refractivity contribution in [2.75, 3.05) is 12.3 Å². The van der Waals surface area contributed by atoms with Crippen molar-refractivity contribution in [1.82, 2.24) is 15.5 Å². The number of benzene rings is 1. The highest BCUT2D eigenvalue weighted by Gasteiger charge is 2.42. The zero-order valence-corrected chi connectivity index (χ0v) is 23.1. The molecule has 0 spiro atoms. The molecule has 3 amide bonds. The van der Waals surface area contributed by atoms with Gasteiger partial charge in [-0.2, -0.15) is 12.6 Å². The summed E-state index contributed by atoms with van der Waals surface area (Å²) in [4.78, 5) is 41.5. The Morgan fingerprint density at radius 2 is 1.71 bits per heavy atom. The fraction of sp³-hybridized carbons (Fsp3) is 0.654. The number of carbonyl (C=O) groups excluding carboxylic acids is 3. The van der Waals surface area contributed by atoms with Gasteiger partial charge in [0.05, 0.1) is 0 Å². The predicted molar refractivity (Wildman–Crippen MR) is 140 cm³/mol. The molecule has 0 heterocycles. The first-order valence-electron chi connectivity index (χ1n) is 11.9. The molecule has 0 radical (unpaired) electrons. The second kappa shape index (κ2) is 12.5. The number of thiol groups is 1. The van der Waals surface area contributed by atoms with Gasteiger partial charge in [0.1, 0.15) is 17.7 Å². The standard InChI is InChI=1S/C26H43N3O4S/c1-10-11-14-27-22(30)21(19-15-17(2)12-13-18(19)3)29(25(4,5)6)23(31)20(16-34)28-24(32)33-26(7,8)9/h12-13,15,20-21,34H,10-11,14,16H2,1-9H3,(H,27,30)(H,28,32). The number of rotatable bonds is 9. The molecule has 0 aliphatic heterocycles. The summed E-state index contributed by atoms with van der Waals surface area (Å²) in [7, 11) is 0. The Morgan fingerprint density at radius 3 is 2.21 bits per heavy atom. The summed E-state index contributed by atoms with van der Waals surface area (Å²) < 4.78 is 5.34. The zero-order valence-electron chi connectivity index (χ0n) is 22.2. The molecule has 1 rings (SSSR count). The van der Waals surface area contributed by atoms with E-state index in [-0.39, 0.29) is 11.7 Å². The monoisotopic (exact) mass is 493 g/mol. The van der Waals surface area contributed by atoms with E-state index in [9.17, 15) is 14.4 Å². The lowest BCUT2D eigenvalue weighted by Crippen LogP contribution is -2.59. The van der Waals surface area contributed by atoms with E-state index >= 15 is 0 Å². The van der Waals surface area contributed by atoms with E-state index in [1.165, 1.54) is 0 Å². The van der Waals surface area contributed by atoms with E-state index in [2.05, 4.69) is 30.2 Å². The maximum Gasteiger partial charge on any atom is 0.408 e. The van der Waals surface area contributed by atoms with Gasteiger partial charge in [0.15, 0.2) is 0 Å². The van der Waals surface area contributed by atoms with E-state index in [1.807, 2.05) is 52.8 Å². The second-order valence-electron chi connectivity index (χ2n) is 10.7. The van der Waals surface area contributed by atoms with Crippen LogP contribution in [0, 0.1) is 13.8 Å².